The Morgan fingerprint density at radius 3 is 2.73 bits per heavy atom. The van der Waals surface area contributed by atoms with E-state index in [0.29, 0.717) is 14.6 Å². The van der Waals surface area contributed by atoms with Crippen LogP contribution in [0.4, 0.5) is 5.69 Å². The summed E-state index contributed by atoms with van der Waals surface area (Å²) in [5.74, 6) is 0. The molecule has 6 heteroatoms. The summed E-state index contributed by atoms with van der Waals surface area (Å²) in [5.41, 5.74) is 0.214. The number of aromatic nitrogens is 1. The van der Waals surface area contributed by atoms with Crippen molar-refractivity contribution in [2.24, 2.45) is 0 Å². The summed E-state index contributed by atoms with van der Waals surface area (Å²) < 4.78 is 1.30. The van der Waals surface area contributed by atoms with E-state index in [1.807, 2.05) is 0 Å². The molecule has 0 aliphatic rings. The molecule has 0 saturated heterocycles. The number of benzene rings is 1. The maximum atomic E-state index is 11.3. The molecule has 15 heavy (non-hydrogen) atoms. The van der Waals surface area contributed by atoms with Gasteiger partial charge in [-0.3, -0.25) is 10.1 Å². The first-order chi connectivity index (χ1) is 7.09. The smallest absolute Gasteiger partial charge is 0.289 e. The Morgan fingerprint density at radius 2 is 2.07 bits per heavy atom. The van der Waals surface area contributed by atoms with Crippen LogP contribution in [-0.4, -0.2) is 4.92 Å². The van der Waals surface area contributed by atoms with Crippen LogP contribution in [0.3, 0.4) is 0 Å². The van der Waals surface area contributed by atoms with Gasteiger partial charge in [0.15, 0.2) is 6.20 Å². The van der Waals surface area contributed by atoms with Crippen LogP contribution >= 0.6 is 15.9 Å². The third-order valence-electron chi connectivity index (χ3n) is 2.04. The van der Waals surface area contributed by atoms with E-state index in [1.165, 1.54) is 6.07 Å². The SMILES string of the molecule is O=[N+]([O-])c1cc[n+]([O-])c2ccc(Br)cc12. The average Bonchev–Trinajstić information content (AvgIpc) is 2.17. The van der Waals surface area contributed by atoms with Crippen molar-refractivity contribution in [3.05, 3.63) is 50.3 Å². The molecule has 2 rings (SSSR count). The quantitative estimate of drug-likeness (QED) is 0.344. The van der Waals surface area contributed by atoms with Gasteiger partial charge in [0.2, 0.25) is 5.52 Å². The maximum absolute atomic E-state index is 11.3. The van der Waals surface area contributed by atoms with Gasteiger partial charge in [-0.15, -0.1) is 0 Å². The average molecular weight is 269 g/mol. The molecule has 76 valence electrons. The summed E-state index contributed by atoms with van der Waals surface area (Å²) in [6.07, 6.45) is 1.13. The van der Waals surface area contributed by atoms with Crippen molar-refractivity contribution in [1.29, 1.82) is 0 Å². The van der Waals surface area contributed by atoms with Crippen LogP contribution in [0, 0.1) is 15.3 Å². The van der Waals surface area contributed by atoms with Gasteiger partial charge in [0.1, 0.15) is 5.39 Å². The van der Waals surface area contributed by atoms with E-state index in [2.05, 4.69) is 15.9 Å². The molecular formula is C9H5BrN2O3. The lowest BCUT2D eigenvalue weighted by Gasteiger charge is -2.01. The maximum Gasteiger partial charge on any atom is 0.289 e. The van der Waals surface area contributed by atoms with Crippen LogP contribution in [0.15, 0.2) is 34.9 Å². The minimum absolute atomic E-state index is 0.0709. The van der Waals surface area contributed by atoms with E-state index < -0.39 is 4.92 Å². The fraction of sp³-hybridized carbons (Fsp3) is 0. The van der Waals surface area contributed by atoms with E-state index in [0.717, 1.165) is 6.20 Å². The Balaban J connectivity index is 2.90. The van der Waals surface area contributed by atoms with E-state index >= 15 is 0 Å². The van der Waals surface area contributed by atoms with Gasteiger partial charge in [-0.1, -0.05) is 15.9 Å². The third-order valence-corrected chi connectivity index (χ3v) is 2.53. The van der Waals surface area contributed by atoms with E-state index in [-0.39, 0.29) is 11.2 Å². The summed E-state index contributed by atoms with van der Waals surface area (Å²) in [6.45, 7) is 0. The van der Waals surface area contributed by atoms with Crippen LogP contribution in [-0.2, 0) is 0 Å². The molecule has 0 aliphatic heterocycles. The molecule has 1 aromatic heterocycles. The predicted molar refractivity (Wildman–Crippen MR) is 57.3 cm³/mol. The summed E-state index contributed by atoms with van der Waals surface area (Å²) in [6, 6.07) is 5.96. The summed E-state index contributed by atoms with van der Waals surface area (Å²) in [7, 11) is 0. The molecule has 0 bridgehead atoms. The molecule has 0 spiro atoms. The van der Waals surface area contributed by atoms with Gasteiger partial charge >= 0.3 is 0 Å². The van der Waals surface area contributed by atoms with Crippen molar-refractivity contribution in [2.45, 2.75) is 0 Å². The number of rotatable bonds is 1. The molecule has 0 unspecified atom stereocenters. The molecule has 0 saturated carbocycles. The zero-order valence-electron chi connectivity index (χ0n) is 7.38. The van der Waals surface area contributed by atoms with Crippen molar-refractivity contribution in [2.75, 3.05) is 0 Å². The van der Waals surface area contributed by atoms with E-state index in [1.54, 1.807) is 18.2 Å². The minimum atomic E-state index is -0.505. The third kappa shape index (κ3) is 1.63. The molecule has 0 aliphatic carbocycles. The topological polar surface area (TPSA) is 70.1 Å². The Kier molecular flexibility index (Phi) is 2.28. The van der Waals surface area contributed by atoms with Crippen molar-refractivity contribution in [3.8, 4) is 0 Å². The van der Waals surface area contributed by atoms with Crippen molar-refractivity contribution >= 4 is 32.5 Å². The fourth-order valence-electron chi connectivity index (χ4n) is 1.37. The molecule has 0 radical (unpaired) electrons. The minimum Gasteiger partial charge on any atom is -0.618 e. The van der Waals surface area contributed by atoms with Gasteiger partial charge in [0.05, 0.1) is 11.0 Å². The Morgan fingerprint density at radius 1 is 1.33 bits per heavy atom. The summed E-state index contributed by atoms with van der Waals surface area (Å²) in [4.78, 5) is 10.2. The lowest BCUT2D eigenvalue weighted by Crippen LogP contribution is -2.26. The first-order valence-electron chi connectivity index (χ1n) is 4.05. The zero-order chi connectivity index (χ0) is 11.0. The number of nitrogens with zero attached hydrogens (tertiary/aromatic N) is 2. The van der Waals surface area contributed by atoms with Crippen LogP contribution < -0.4 is 4.73 Å². The molecule has 1 aromatic carbocycles. The Hall–Kier alpha value is -1.69. The van der Waals surface area contributed by atoms with Crippen LogP contribution in [0.5, 0.6) is 0 Å². The zero-order valence-corrected chi connectivity index (χ0v) is 8.97. The molecule has 0 fully saturated rings. The second kappa shape index (κ2) is 3.47. The highest BCUT2D eigenvalue weighted by Gasteiger charge is 2.17. The first-order valence-corrected chi connectivity index (χ1v) is 4.85. The highest BCUT2D eigenvalue weighted by Crippen LogP contribution is 2.25. The summed E-state index contributed by atoms with van der Waals surface area (Å²) >= 11 is 3.21. The van der Waals surface area contributed by atoms with Crippen LogP contribution in [0.25, 0.3) is 10.9 Å². The van der Waals surface area contributed by atoms with Gasteiger partial charge in [-0.25, -0.2) is 0 Å². The van der Waals surface area contributed by atoms with E-state index in [4.69, 9.17) is 0 Å². The largest absolute Gasteiger partial charge is 0.618 e. The standard InChI is InChI=1S/C9H5BrN2O3/c10-6-1-2-8-7(5-6)9(12(14)15)3-4-11(8)13/h1-5H. The van der Waals surface area contributed by atoms with Crippen molar-refractivity contribution < 1.29 is 9.65 Å². The molecule has 2 aromatic rings. The van der Waals surface area contributed by atoms with Gasteiger partial charge < -0.3 is 5.21 Å². The molecule has 1 heterocycles. The van der Waals surface area contributed by atoms with Gasteiger partial charge in [0.25, 0.3) is 5.69 Å². The lowest BCUT2D eigenvalue weighted by molar-refractivity contribution is -0.577. The number of halogens is 1. The van der Waals surface area contributed by atoms with Crippen LogP contribution in [0.1, 0.15) is 0 Å². The summed E-state index contributed by atoms with van der Waals surface area (Å²) in [5, 5.41) is 22.4. The number of hydrogen-bond acceptors (Lipinski definition) is 3. The monoisotopic (exact) mass is 268 g/mol. The molecule has 0 atom stereocenters. The second-order valence-corrected chi connectivity index (χ2v) is 3.86. The molecule has 0 N–H and O–H groups in total. The van der Waals surface area contributed by atoms with Crippen LogP contribution in [0.2, 0.25) is 0 Å². The normalized spacial score (nSPS) is 10.5. The molecular weight excluding hydrogens is 264 g/mol. The number of hydrogen-bond donors (Lipinski definition) is 0. The molecule has 5 nitrogen and oxygen atoms in total. The van der Waals surface area contributed by atoms with Gasteiger partial charge in [-0.2, -0.15) is 4.73 Å². The highest BCUT2D eigenvalue weighted by atomic mass is 79.9. The van der Waals surface area contributed by atoms with E-state index in [9.17, 15) is 15.3 Å². The second-order valence-electron chi connectivity index (χ2n) is 2.95. The number of nitro groups is 1. The predicted octanol–water partition coefficient (Wildman–Crippen LogP) is 2.14. The van der Waals surface area contributed by atoms with Crippen molar-refractivity contribution in [1.82, 2.24) is 0 Å². The Bertz CT molecular complexity index is 556. The lowest BCUT2D eigenvalue weighted by atomic mass is 10.2. The number of fused-ring (bicyclic) bond motifs is 1. The highest BCUT2D eigenvalue weighted by molar-refractivity contribution is 9.10. The van der Waals surface area contributed by atoms with Gasteiger partial charge in [-0.05, 0) is 12.1 Å². The molecule has 0 amide bonds. The first kappa shape index (κ1) is 9.85. The fourth-order valence-corrected chi connectivity index (χ4v) is 1.73. The Labute approximate surface area is 92.8 Å². The number of pyridine rings is 1. The van der Waals surface area contributed by atoms with Crippen molar-refractivity contribution in [3.63, 3.8) is 0 Å². The van der Waals surface area contributed by atoms with Gasteiger partial charge in [0, 0.05) is 10.5 Å².